The van der Waals surface area contributed by atoms with Crippen molar-refractivity contribution in [2.24, 2.45) is 0 Å². The molecule has 0 aliphatic heterocycles. The number of anilines is 1. The maximum Gasteiger partial charge on any atom is 0.0325 e. The Labute approximate surface area is 76.7 Å². The highest BCUT2D eigenvalue weighted by atomic mass is 32.2. The molecule has 3 N–H and O–H groups in total. The molecule has 1 aliphatic rings. The van der Waals surface area contributed by atoms with Crippen molar-refractivity contribution in [2.45, 2.75) is 23.8 Å². The SMILES string of the molecule is Nc1cccc(SNC2CC2)c1. The van der Waals surface area contributed by atoms with E-state index < -0.39 is 0 Å². The van der Waals surface area contributed by atoms with Crippen LogP contribution in [0, 0.1) is 0 Å². The predicted octanol–water partition coefficient (Wildman–Crippen LogP) is 2.03. The summed E-state index contributed by atoms with van der Waals surface area (Å²) < 4.78 is 3.36. The minimum absolute atomic E-state index is 0.733. The van der Waals surface area contributed by atoms with E-state index in [1.165, 1.54) is 17.7 Å². The van der Waals surface area contributed by atoms with E-state index in [0.717, 1.165) is 11.7 Å². The molecule has 1 aliphatic carbocycles. The number of benzene rings is 1. The molecule has 0 heterocycles. The van der Waals surface area contributed by atoms with Crippen LogP contribution in [0.15, 0.2) is 29.2 Å². The van der Waals surface area contributed by atoms with Gasteiger partial charge >= 0.3 is 0 Å². The second-order valence-electron chi connectivity index (χ2n) is 3.07. The van der Waals surface area contributed by atoms with Gasteiger partial charge in [0, 0.05) is 16.6 Å². The summed E-state index contributed by atoms with van der Waals surface area (Å²) in [4.78, 5) is 1.20. The first kappa shape index (κ1) is 7.95. The molecule has 0 amide bonds. The predicted molar refractivity (Wildman–Crippen MR) is 52.9 cm³/mol. The smallest absolute Gasteiger partial charge is 0.0325 e. The van der Waals surface area contributed by atoms with Crippen molar-refractivity contribution >= 4 is 17.6 Å². The molecule has 1 fully saturated rings. The minimum atomic E-state index is 0.733. The second-order valence-corrected chi connectivity index (χ2v) is 3.98. The van der Waals surface area contributed by atoms with Gasteiger partial charge in [-0.3, -0.25) is 4.72 Å². The summed E-state index contributed by atoms with van der Waals surface area (Å²) in [6.07, 6.45) is 2.63. The van der Waals surface area contributed by atoms with Crippen LogP contribution in [0.3, 0.4) is 0 Å². The number of hydrogen-bond donors (Lipinski definition) is 2. The number of hydrogen-bond acceptors (Lipinski definition) is 3. The van der Waals surface area contributed by atoms with Crippen LogP contribution in [0.25, 0.3) is 0 Å². The van der Waals surface area contributed by atoms with Crippen LogP contribution in [0.5, 0.6) is 0 Å². The Balaban J connectivity index is 1.92. The highest BCUT2D eigenvalue weighted by Gasteiger charge is 2.20. The number of nitrogens with two attached hydrogens (primary N) is 1. The van der Waals surface area contributed by atoms with Crippen molar-refractivity contribution in [3.63, 3.8) is 0 Å². The van der Waals surface area contributed by atoms with Gasteiger partial charge in [0.15, 0.2) is 0 Å². The van der Waals surface area contributed by atoms with Gasteiger partial charge < -0.3 is 5.73 Å². The number of nitrogen functional groups attached to an aromatic ring is 1. The van der Waals surface area contributed by atoms with Crippen molar-refractivity contribution in [3.05, 3.63) is 24.3 Å². The van der Waals surface area contributed by atoms with E-state index in [4.69, 9.17) is 5.73 Å². The van der Waals surface area contributed by atoms with Crippen molar-refractivity contribution in [2.75, 3.05) is 5.73 Å². The summed E-state index contributed by atoms with van der Waals surface area (Å²) in [5.74, 6) is 0. The van der Waals surface area contributed by atoms with E-state index in [9.17, 15) is 0 Å². The molecule has 64 valence electrons. The Kier molecular flexibility index (Phi) is 2.23. The minimum Gasteiger partial charge on any atom is -0.399 e. The van der Waals surface area contributed by atoms with Crippen molar-refractivity contribution in [1.29, 1.82) is 0 Å². The van der Waals surface area contributed by atoms with Gasteiger partial charge in [0.1, 0.15) is 0 Å². The molecule has 1 saturated carbocycles. The van der Waals surface area contributed by atoms with E-state index in [1.54, 1.807) is 11.9 Å². The zero-order valence-corrected chi connectivity index (χ0v) is 7.60. The lowest BCUT2D eigenvalue weighted by Crippen LogP contribution is -2.04. The van der Waals surface area contributed by atoms with E-state index in [-0.39, 0.29) is 0 Å². The van der Waals surface area contributed by atoms with Crippen LogP contribution in [0.4, 0.5) is 5.69 Å². The van der Waals surface area contributed by atoms with Crippen molar-refractivity contribution in [1.82, 2.24) is 4.72 Å². The normalized spacial score (nSPS) is 16.3. The average Bonchev–Trinajstić information content (AvgIpc) is 2.84. The molecule has 3 heteroatoms. The summed E-state index contributed by atoms with van der Waals surface area (Å²) >= 11 is 1.68. The topological polar surface area (TPSA) is 38.0 Å². The molecule has 0 bridgehead atoms. The molecule has 0 saturated heterocycles. The zero-order chi connectivity index (χ0) is 8.39. The molecule has 0 spiro atoms. The summed E-state index contributed by atoms with van der Waals surface area (Å²) in [6, 6.07) is 8.67. The zero-order valence-electron chi connectivity index (χ0n) is 6.79. The van der Waals surface area contributed by atoms with Gasteiger partial charge in [-0.15, -0.1) is 0 Å². The van der Waals surface area contributed by atoms with Gasteiger partial charge in [-0.1, -0.05) is 6.07 Å². The molecule has 12 heavy (non-hydrogen) atoms. The van der Waals surface area contributed by atoms with E-state index in [2.05, 4.69) is 10.8 Å². The molecule has 2 nitrogen and oxygen atoms in total. The standard InChI is InChI=1S/C9H12N2S/c10-7-2-1-3-9(6-7)12-11-8-4-5-8/h1-3,6,8,11H,4-5,10H2. The first-order chi connectivity index (χ1) is 5.84. The van der Waals surface area contributed by atoms with Crippen molar-refractivity contribution < 1.29 is 0 Å². The third-order valence-electron chi connectivity index (χ3n) is 1.78. The van der Waals surface area contributed by atoms with Crippen LogP contribution in [-0.2, 0) is 0 Å². The molecule has 1 aromatic carbocycles. The van der Waals surface area contributed by atoms with Crippen LogP contribution in [-0.4, -0.2) is 6.04 Å². The van der Waals surface area contributed by atoms with Gasteiger partial charge in [0.25, 0.3) is 0 Å². The number of nitrogens with one attached hydrogen (secondary N) is 1. The van der Waals surface area contributed by atoms with Crippen LogP contribution < -0.4 is 10.5 Å². The fourth-order valence-electron chi connectivity index (χ4n) is 0.931. The van der Waals surface area contributed by atoms with E-state index >= 15 is 0 Å². The maximum atomic E-state index is 5.64. The Morgan fingerprint density at radius 2 is 2.25 bits per heavy atom. The lowest BCUT2D eigenvalue weighted by molar-refractivity contribution is 0.970. The first-order valence-corrected chi connectivity index (χ1v) is 4.94. The Morgan fingerprint density at radius 1 is 1.42 bits per heavy atom. The van der Waals surface area contributed by atoms with Crippen LogP contribution >= 0.6 is 11.9 Å². The molecular formula is C9H12N2S. The quantitative estimate of drug-likeness (QED) is 0.552. The second kappa shape index (κ2) is 3.37. The monoisotopic (exact) mass is 180 g/mol. The molecule has 0 radical (unpaired) electrons. The summed E-state index contributed by atoms with van der Waals surface area (Å²) in [7, 11) is 0. The lowest BCUT2D eigenvalue weighted by Gasteiger charge is -2.01. The average molecular weight is 180 g/mol. The van der Waals surface area contributed by atoms with Crippen LogP contribution in [0.2, 0.25) is 0 Å². The highest BCUT2D eigenvalue weighted by Crippen LogP contribution is 2.25. The van der Waals surface area contributed by atoms with Gasteiger partial charge in [0.05, 0.1) is 0 Å². The summed E-state index contributed by atoms with van der Waals surface area (Å²) in [6.45, 7) is 0. The fourth-order valence-corrected chi connectivity index (χ4v) is 1.81. The van der Waals surface area contributed by atoms with Gasteiger partial charge in [-0.2, -0.15) is 0 Å². The molecular weight excluding hydrogens is 168 g/mol. The van der Waals surface area contributed by atoms with E-state index in [0.29, 0.717) is 0 Å². The first-order valence-electron chi connectivity index (χ1n) is 4.12. The third-order valence-corrected chi connectivity index (χ3v) is 2.72. The molecule has 0 atom stereocenters. The lowest BCUT2D eigenvalue weighted by atomic mass is 10.3. The number of rotatable bonds is 3. The summed E-state index contributed by atoms with van der Waals surface area (Å²) in [5.41, 5.74) is 6.47. The molecule has 0 unspecified atom stereocenters. The Morgan fingerprint density at radius 3 is 2.92 bits per heavy atom. The van der Waals surface area contributed by atoms with Crippen LogP contribution in [0.1, 0.15) is 12.8 Å². The van der Waals surface area contributed by atoms with Gasteiger partial charge in [-0.25, -0.2) is 0 Å². The fraction of sp³-hybridized carbons (Fsp3) is 0.333. The molecule has 0 aromatic heterocycles. The Hall–Kier alpha value is -0.670. The van der Waals surface area contributed by atoms with E-state index in [1.807, 2.05) is 18.2 Å². The maximum absolute atomic E-state index is 5.64. The van der Waals surface area contributed by atoms with Crippen molar-refractivity contribution in [3.8, 4) is 0 Å². The van der Waals surface area contributed by atoms with Gasteiger partial charge in [0.2, 0.25) is 0 Å². The molecule has 2 rings (SSSR count). The van der Waals surface area contributed by atoms with Gasteiger partial charge in [-0.05, 0) is 43.0 Å². The third kappa shape index (κ3) is 2.16. The largest absolute Gasteiger partial charge is 0.399 e. The highest BCUT2D eigenvalue weighted by molar-refractivity contribution is 7.97. The summed E-state index contributed by atoms with van der Waals surface area (Å²) in [5, 5.41) is 0. The Bertz CT molecular complexity index is 271. The molecule has 1 aromatic rings.